The lowest BCUT2D eigenvalue weighted by Crippen LogP contribution is -2.39. The van der Waals surface area contributed by atoms with Gasteiger partial charge in [-0.05, 0) is 49.4 Å². The molecule has 3 rings (SSSR count). The smallest absolute Gasteiger partial charge is 0.322 e. The summed E-state index contributed by atoms with van der Waals surface area (Å²) >= 11 is 3.43. The van der Waals surface area contributed by atoms with Gasteiger partial charge in [-0.1, -0.05) is 22.0 Å². The van der Waals surface area contributed by atoms with Crippen LogP contribution in [0, 0.1) is 0 Å². The van der Waals surface area contributed by atoms with Gasteiger partial charge < -0.3 is 19.9 Å². The molecule has 144 valence electrons. The van der Waals surface area contributed by atoms with Gasteiger partial charge in [-0.2, -0.15) is 0 Å². The van der Waals surface area contributed by atoms with Crippen molar-refractivity contribution in [1.29, 1.82) is 0 Å². The zero-order chi connectivity index (χ0) is 20.1. The molecule has 0 saturated heterocycles. The molecule has 1 amide bonds. The van der Waals surface area contributed by atoms with Crippen molar-refractivity contribution in [3.8, 4) is 17.4 Å². The Morgan fingerprint density at radius 3 is 2.50 bits per heavy atom. The molecular formula is C20H17BrN2O5. The molecule has 0 saturated carbocycles. The quantitative estimate of drug-likeness (QED) is 0.575. The number of pyridine rings is 1. The summed E-state index contributed by atoms with van der Waals surface area (Å²) in [6.07, 6.45) is -0.827. The average molecular weight is 445 g/mol. The Hall–Kier alpha value is -3.13. The third-order valence-corrected chi connectivity index (χ3v) is 4.26. The summed E-state index contributed by atoms with van der Waals surface area (Å²) in [5, 5.41) is 11.9. The first-order chi connectivity index (χ1) is 13.4. The molecule has 8 heteroatoms. The zero-order valence-electron chi connectivity index (χ0n) is 14.9. The van der Waals surface area contributed by atoms with Gasteiger partial charge in [-0.25, -0.2) is 4.98 Å². The highest BCUT2D eigenvalue weighted by Crippen LogP contribution is 2.26. The van der Waals surface area contributed by atoms with Crippen LogP contribution in [-0.4, -0.2) is 34.6 Å². The number of nitrogens with zero attached hydrogens (tertiary/aromatic N) is 1. The lowest BCUT2D eigenvalue weighted by atomic mass is 10.2. The molecule has 3 aromatic rings. The highest BCUT2D eigenvalue weighted by Gasteiger charge is 2.15. The summed E-state index contributed by atoms with van der Waals surface area (Å²) in [4.78, 5) is 26.7. The fourth-order valence-electron chi connectivity index (χ4n) is 2.40. The van der Waals surface area contributed by atoms with Crippen LogP contribution in [-0.2, 0) is 9.59 Å². The number of fused-ring (bicyclic) bond motifs is 1. The van der Waals surface area contributed by atoms with Gasteiger partial charge in [-0.15, -0.1) is 0 Å². The number of carboxylic acids is 1. The summed E-state index contributed by atoms with van der Waals surface area (Å²) in [6.45, 7) is 1.09. The SMILES string of the molecule is CC(Oc1ccc(Oc2ccc3ccc(Br)cc3n2)cc1)C(=O)NCC(=O)O. The van der Waals surface area contributed by atoms with E-state index in [4.69, 9.17) is 14.6 Å². The second-order valence-electron chi connectivity index (χ2n) is 5.93. The van der Waals surface area contributed by atoms with Gasteiger partial charge in [0.05, 0.1) is 5.52 Å². The number of carbonyl (C=O) groups excluding carboxylic acids is 1. The minimum absolute atomic E-state index is 0.450. The molecule has 28 heavy (non-hydrogen) atoms. The molecule has 0 bridgehead atoms. The monoisotopic (exact) mass is 444 g/mol. The number of amides is 1. The Bertz CT molecular complexity index is 1010. The summed E-state index contributed by atoms with van der Waals surface area (Å²) in [7, 11) is 0. The number of halogens is 1. The molecule has 0 aliphatic rings. The lowest BCUT2D eigenvalue weighted by Gasteiger charge is -2.14. The number of benzene rings is 2. The molecule has 1 aromatic heterocycles. The molecular weight excluding hydrogens is 428 g/mol. The maximum Gasteiger partial charge on any atom is 0.322 e. The highest BCUT2D eigenvalue weighted by molar-refractivity contribution is 9.10. The van der Waals surface area contributed by atoms with Crippen molar-refractivity contribution in [2.45, 2.75) is 13.0 Å². The molecule has 0 fully saturated rings. The molecule has 0 radical (unpaired) electrons. The summed E-state index contributed by atoms with van der Waals surface area (Å²) in [6, 6.07) is 16.3. The van der Waals surface area contributed by atoms with Crippen LogP contribution in [0.2, 0.25) is 0 Å². The van der Waals surface area contributed by atoms with Crippen molar-refractivity contribution in [2.75, 3.05) is 6.54 Å². The number of ether oxygens (including phenoxy) is 2. The van der Waals surface area contributed by atoms with E-state index in [1.807, 2.05) is 24.3 Å². The number of rotatable bonds is 7. The molecule has 1 unspecified atom stereocenters. The Balaban J connectivity index is 1.62. The molecule has 1 heterocycles. The Morgan fingerprint density at radius 2 is 1.79 bits per heavy atom. The second kappa shape index (κ2) is 8.71. The Kier molecular flexibility index (Phi) is 6.10. The number of aromatic nitrogens is 1. The van der Waals surface area contributed by atoms with Crippen LogP contribution < -0.4 is 14.8 Å². The van der Waals surface area contributed by atoms with Crippen LogP contribution in [0.4, 0.5) is 0 Å². The summed E-state index contributed by atoms with van der Waals surface area (Å²) < 4.78 is 12.2. The minimum Gasteiger partial charge on any atom is -0.481 e. The van der Waals surface area contributed by atoms with Gasteiger partial charge in [0.2, 0.25) is 5.88 Å². The maximum atomic E-state index is 11.8. The fraction of sp³-hybridized carbons (Fsp3) is 0.150. The van der Waals surface area contributed by atoms with Crippen LogP contribution in [0.25, 0.3) is 10.9 Å². The largest absolute Gasteiger partial charge is 0.481 e. The van der Waals surface area contributed by atoms with E-state index in [0.29, 0.717) is 17.4 Å². The van der Waals surface area contributed by atoms with Crippen molar-refractivity contribution in [3.05, 3.63) is 59.1 Å². The number of carboxylic acid groups (broad SMARTS) is 1. The normalized spacial score (nSPS) is 11.6. The van der Waals surface area contributed by atoms with Gasteiger partial charge in [0.25, 0.3) is 5.91 Å². The molecule has 0 aliphatic heterocycles. The van der Waals surface area contributed by atoms with Crippen molar-refractivity contribution < 1.29 is 24.2 Å². The topological polar surface area (TPSA) is 97.8 Å². The minimum atomic E-state index is -1.11. The third-order valence-electron chi connectivity index (χ3n) is 3.77. The van der Waals surface area contributed by atoms with Crippen molar-refractivity contribution >= 4 is 38.7 Å². The Labute approximate surface area is 169 Å². The van der Waals surface area contributed by atoms with Gasteiger partial charge in [0, 0.05) is 15.9 Å². The molecule has 7 nitrogen and oxygen atoms in total. The van der Waals surface area contributed by atoms with E-state index < -0.39 is 24.5 Å². The molecule has 0 spiro atoms. The first-order valence-electron chi connectivity index (χ1n) is 8.41. The van der Waals surface area contributed by atoms with E-state index in [1.165, 1.54) is 0 Å². The second-order valence-corrected chi connectivity index (χ2v) is 6.85. The number of hydrogen-bond donors (Lipinski definition) is 2. The number of aliphatic carboxylic acids is 1. The highest BCUT2D eigenvalue weighted by atomic mass is 79.9. The van der Waals surface area contributed by atoms with Crippen LogP contribution in [0.3, 0.4) is 0 Å². The van der Waals surface area contributed by atoms with E-state index in [0.717, 1.165) is 15.4 Å². The average Bonchev–Trinajstić information content (AvgIpc) is 2.67. The maximum absolute atomic E-state index is 11.8. The Morgan fingerprint density at radius 1 is 1.11 bits per heavy atom. The predicted molar refractivity (Wildman–Crippen MR) is 107 cm³/mol. The van der Waals surface area contributed by atoms with Gasteiger partial charge >= 0.3 is 5.97 Å². The van der Waals surface area contributed by atoms with Gasteiger partial charge in [-0.3, -0.25) is 9.59 Å². The standard InChI is InChI=1S/C20H17BrN2O5/c1-12(20(26)22-11-19(24)25)27-15-5-7-16(8-6-15)28-18-9-3-13-2-4-14(21)10-17(13)23-18/h2-10,12H,11H2,1H3,(H,22,26)(H,24,25). The van der Waals surface area contributed by atoms with Crippen molar-refractivity contribution in [2.24, 2.45) is 0 Å². The van der Waals surface area contributed by atoms with Crippen molar-refractivity contribution in [1.82, 2.24) is 10.3 Å². The number of hydrogen-bond acceptors (Lipinski definition) is 5. The van der Waals surface area contributed by atoms with E-state index in [9.17, 15) is 9.59 Å². The van der Waals surface area contributed by atoms with Crippen LogP contribution in [0.15, 0.2) is 59.1 Å². The number of carbonyl (C=O) groups is 2. The van der Waals surface area contributed by atoms with Crippen molar-refractivity contribution in [3.63, 3.8) is 0 Å². The molecule has 2 aromatic carbocycles. The molecule has 0 aliphatic carbocycles. The van der Waals surface area contributed by atoms with E-state index >= 15 is 0 Å². The summed E-state index contributed by atoms with van der Waals surface area (Å²) in [5.74, 6) is -0.135. The first kappa shape index (κ1) is 19.6. The summed E-state index contributed by atoms with van der Waals surface area (Å²) in [5.41, 5.74) is 0.813. The molecule has 1 atom stereocenters. The zero-order valence-corrected chi connectivity index (χ0v) is 16.5. The van der Waals surface area contributed by atoms with E-state index in [1.54, 1.807) is 37.3 Å². The first-order valence-corrected chi connectivity index (χ1v) is 9.20. The fourth-order valence-corrected chi connectivity index (χ4v) is 2.75. The lowest BCUT2D eigenvalue weighted by molar-refractivity contribution is -0.139. The molecule has 2 N–H and O–H groups in total. The van der Waals surface area contributed by atoms with Gasteiger partial charge in [0.1, 0.15) is 18.0 Å². The van der Waals surface area contributed by atoms with E-state index in [-0.39, 0.29) is 0 Å². The predicted octanol–water partition coefficient (Wildman–Crippen LogP) is 3.76. The third kappa shape index (κ3) is 5.20. The van der Waals surface area contributed by atoms with Crippen LogP contribution in [0.5, 0.6) is 17.4 Å². The van der Waals surface area contributed by atoms with Gasteiger partial charge in [0.15, 0.2) is 6.10 Å². The number of nitrogens with one attached hydrogen (secondary N) is 1. The van der Waals surface area contributed by atoms with Crippen LogP contribution >= 0.6 is 15.9 Å². The van der Waals surface area contributed by atoms with Crippen LogP contribution in [0.1, 0.15) is 6.92 Å². The van der Waals surface area contributed by atoms with E-state index in [2.05, 4.69) is 26.2 Å².